The van der Waals surface area contributed by atoms with E-state index in [4.69, 9.17) is 15.2 Å². The van der Waals surface area contributed by atoms with Crippen LogP contribution < -0.4 is 11.1 Å². The molecule has 0 aliphatic rings. The van der Waals surface area contributed by atoms with Crippen molar-refractivity contribution < 1.29 is 14.3 Å². The van der Waals surface area contributed by atoms with E-state index in [1.807, 2.05) is 19.1 Å². The lowest BCUT2D eigenvalue weighted by Crippen LogP contribution is -2.26. The highest BCUT2D eigenvalue weighted by Crippen LogP contribution is 2.21. The lowest BCUT2D eigenvalue weighted by molar-refractivity contribution is 0.0600. The molecule has 1 aromatic carbocycles. The molecular weight excluding hydrogens is 256 g/mol. The maximum absolute atomic E-state index is 11.7. The molecule has 0 amide bonds. The number of hydrogen-bond acceptors (Lipinski definition) is 5. The fourth-order valence-corrected chi connectivity index (χ4v) is 2.11. The number of carbonyl (C=O) groups excluding carboxylic acids is 1. The number of carbonyl (C=O) groups is 1. The largest absolute Gasteiger partial charge is 0.465 e. The van der Waals surface area contributed by atoms with E-state index in [0.29, 0.717) is 18.7 Å². The number of nitrogens with one attached hydrogen (secondary N) is 1. The third-order valence-corrected chi connectivity index (χ3v) is 3.22. The molecule has 0 bridgehead atoms. The number of methoxy groups -OCH3 is 2. The van der Waals surface area contributed by atoms with Gasteiger partial charge in [-0.1, -0.05) is 6.07 Å². The molecule has 112 valence electrons. The van der Waals surface area contributed by atoms with E-state index in [0.717, 1.165) is 24.1 Å². The van der Waals surface area contributed by atoms with Crippen molar-refractivity contribution in [3.05, 3.63) is 29.3 Å². The fraction of sp³-hybridized carbons (Fsp3) is 0.533. The van der Waals surface area contributed by atoms with Crippen LogP contribution in [0.25, 0.3) is 0 Å². The molecule has 0 fully saturated rings. The molecule has 5 nitrogen and oxygen atoms in total. The lowest BCUT2D eigenvalue weighted by atomic mass is 10.1. The van der Waals surface area contributed by atoms with Crippen LogP contribution in [0.4, 0.5) is 5.69 Å². The summed E-state index contributed by atoms with van der Waals surface area (Å²) in [5.74, 6) is -0.323. The highest BCUT2D eigenvalue weighted by Gasteiger charge is 2.14. The first kappa shape index (κ1) is 16.5. The third-order valence-electron chi connectivity index (χ3n) is 3.22. The highest BCUT2D eigenvalue weighted by atomic mass is 16.5. The van der Waals surface area contributed by atoms with Gasteiger partial charge in [0.15, 0.2) is 0 Å². The van der Waals surface area contributed by atoms with Crippen molar-refractivity contribution in [1.29, 1.82) is 0 Å². The molecule has 0 saturated heterocycles. The van der Waals surface area contributed by atoms with Crippen molar-refractivity contribution in [1.82, 2.24) is 0 Å². The lowest BCUT2D eigenvalue weighted by Gasteiger charge is -2.21. The van der Waals surface area contributed by atoms with Crippen LogP contribution in [0.1, 0.15) is 28.8 Å². The second-order valence-corrected chi connectivity index (χ2v) is 4.70. The fourth-order valence-electron chi connectivity index (χ4n) is 2.11. The molecule has 0 saturated carbocycles. The Bertz CT molecular complexity index is 435. The number of anilines is 1. The van der Waals surface area contributed by atoms with Crippen molar-refractivity contribution in [3.8, 4) is 0 Å². The van der Waals surface area contributed by atoms with Crippen LogP contribution in [0, 0.1) is 6.92 Å². The molecule has 1 unspecified atom stereocenters. The first-order chi connectivity index (χ1) is 9.63. The van der Waals surface area contributed by atoms with Gasteiger partial charge in [-0.15, -0.1) is 0 Å². The Hall–Kier alpha value is -1.59. The molecule has 0 aliphatic heterocycles. The van der Waals surface area contributed by atoms with Gasteiger partial charge in [0, 0.05) is 18.8 Å². The summed E-state index contributed by atoms with van der Waals surface area (Å²) in [7, 11) is 3.06. The molecular formula is C15H24N2O3. The number of benzene rings is 1. The summed E-state index contributed by atoms with van der Waals surface area (Å²) >= 11 is 0. The van der Waals surface area contributed by atoms with Crippen LogP contribution in [0.5, 0.6) is 0 Å². The van der Waals surface area contributed by atoms with Crippen LogP contribution in [0.2, 0.25) is 0 Å². The Labute approximate surface area is 120 Å². The van der Waals surface area contributed by atoms with Gasteiger partial charge < -0.3 is 20.5 Å². The van der Waals surface area contributed by atoms with Gasteiger partial charge in [0.2, 0.25) is 0 Å². The summed E-state index contributed by atoms with van der Waals surface area (Å²) in [6, 6.07) is 5.73. The number of esters is 1. The molecule has 1 atom stereocenters. The van der Waals surface area contributed by atoms with Gasteiger partial charge in [0.05, 0.1) is 19.3 Å². The summed E-state index contributed by atoms with van der Waals surface area (Å²) in [4.78, 5) is 11.7. The molecule has 0 radical (unpaired) electrons. The zero-order chi connectivity index (χ0) is 15.0. The van der Waals surface area contributed by atoms with Gasteiger partial charge in [-0.25, -0.2) is 4.79 Å². The number of hydrogen-bond donors (Lipinski definition) is 2. The normalized spacial score (nSPS) is 12.0. The van der Waals surface area contributed by atoms with Gasteiger partial charge in [-0.2, -0.15) is 0 Å². The van der Waals surface area contributed by atoms with Gasteiger partial charge in [0.1, 0.15) is 0 Å². The van der Waals surface area contributed by atoms with Crippen molar-refractivity contribution in [3.63, 3.8) is 0 Å². The molecule has 20 heavy (non-hydrogen) atoms. The summed E-state index contributed by atoms with van der Waals surface area (Å²) < 4.78 is 10.00. The maximum atomic E-state index is 11.7. The van der Waals surface area contributed by atoms with Crippen LogP contribution >= 0.6 is 0 Å². The van der Waals surface area contributed by atoms with Gasteiger partial charge in [-0.3, -0.25) is 0 Å². The molecule has 0 heterocycles. The minimum atomic E-state index is -0.323. The van der Waals surface area contributed by atoms with Crippen molar-refractivity contribution in [2.45, 2.75) is 25.8 Å². The summed E-state index contributed by atoms with van der Waals surface area (Å²) in [6.07, 6.45) is 1.85. The molecule has 5 heteroatoms. The predicted octanol–water partition coefficient (Wildman–Crippen LogP) is 1.95. The molecule has 3 N–H and O–H groups in total. The van der Waals surface area contributed by atoms with Crippen LogP contribution in [-0.4, -0.2) is 39.4 Å². The molecule has 0 aromatic heterocycles. The monoisotopic (exact) mass is 280 g/mol. The average molecular weight is 280 g/mol. The van der Waals surface area contributed by atoms with E-state index < -0.39 is 0 Å². The quantitative estimate of drug-likeness (QED) is 0.712. The summed E-state index contributed by atoms with van der Waals surface area (Å²) in [6.45, 7) is 3.16. The standard InChI is InChI=1S/C15H24N2O3/c1-11-13(15(18)20-3)7-4-8-14(11)17-12(10-19-2)6-5-9-16/h4,7-8,12,17H,5-6,9-10,16H2,1-3H3. The number of rotatable bonds is 8. The van der Waals surface area contributed by atoms with Crippen molar-refractivity contribution in [2.24, 2.45) is 5.73 Å². The molecule has 0 spiro atoms. The van der Waals surface area contributed by atoms with Gasteiger partial charge in [0.25, 0.3) is 0 Å². The minimum absolute atomic E-state index is 0.176. The van der Waals surface area contributed by atoms with Gasteiger partial charge in [-0.05, 0) is 44.0 Å². The predicted molar refractivity (Wildman–Crippen MR) is 80.1 cm³/mol. The second kappa shape index (κ2) is 8.55. The molecule has 0 aliphatic carbocycles. The Morgan fingerprint density at radius 2 is 2.15 bits per heavy atom. The topological polar surface area (TPSA) is 73.6 Å². The van der Waals surface area contributed by atoms with Crippen LogP contribution in [0.15, 0.2) is 18.2 Å². The third kappa shape index (κ3) is 4.51. The first-order valence-electron chi connectivity index (χ1n) is 6.77. The zero-order valence-corrected chi connectivity index (χ0v) is 12.4. The molecule has 1 rings (SSSR count). The highest BCUT2D eigenvalue weighted by molar-refractivity contribution is 5.92. The van der Waals surface area contributed by atoms with E-state index in [9.17, 15) is 4.79 Å². The first-order valence-corrected chi connectivity index (χ1v) is 6.77. The summed E-state index contributed by atoms with van der Waals surface area (Å²) in [5.41, 5.74) is 7.93. The van der Waals surface area contributed by atoms with E-state index in [1.165, 1.54) is 7.11 Å². The van der Waals surface area contributed by atoms with Crippen LogP contribution in [0.3, 0.4) is 0 Å². The Morgan fingerprint density at radius 1 is 1.40 bits per heavy atom. The van der Waals surface area contributed by atoms with Crippen LogP contribution in [-0.2, 0) is 9.47 Å². The Morgan fingerprint density at radius 3 is 2.75 bits per heavy atom. The molecule has 1 aromatic rings. The van der Waals surface area contributed by atoms with Gasteiger partial charge >= 0.3 is 5.97 Å². The Balaban J connectivity index is 2.86. The average Bonchev–Trinajstić information content (AvgIpc) is 2.46. The van der Waals surface area contributed by atoms with E-state index in [1.54, 1.807) is 13.2 Å². The van der Waals surface area contributed by atoms with E-state index in [2.05, 4.69) is 5.32 Å². The second-order valence-electron chi connectivity index (χ2n) is 4.70. The number of nitrogens with two attached hydrogens (primary N) is 1. The van der Waals surface area contributed by atoms with Crippen molar-refractivity contribution in [2.75, 3.05) is 32.7 Å². The van der Waals surface area contributed by atoms with E-state index in [-0.39, 0.29) is 12.0 Å². The summed E-state index contributed by atoms with van der Waals surface area (Å²) in [5, 5.41) is 3.41. The van der Waals surface area contributed by atoms with Crippen molar-refractivity contribution >= 4 is 11.7 Å². The maximum Gasteiger partial charge on any atom is 0.338 e. The smallest absolute Gasteiger partial charge is 0.338 e. The zero-order valence-electron chi connectivity index (χ0n) is 12.4. The Kier molecular flexibility index (Phi) is 7.04. The number of ether oxygens (including phenoxy) is 2. The van der Waals surface area contributed by atoms with E-state index >= 15 is 0 Å². The minimum Gasteiger partial charge on any atom is -0.465 e. The SMILES string of the molecule is COCC(CCCN)Nc1cccc(C(=O)OC)c1C.